The lowest BCUT2D eigenvalue weighted by Crippen LogP contribution is -2.15. The highest BCUT2D eigenvalue weighted by atomic mass is 16.5. The van der Waals surface area contributed by atoms with Crippen LogP contribution in [0.2, 0.25) is 0 Å². The minimum absolute atomic E-state index is 0.00746. The van der Waals surface area contributed by atoms with Crippen LogP contribution in [0.4, 0.5) is 5.69 Å². The number of carbonyl (C=O) groups is 1. The van der Waals surface area contributed by atoms with E-state index >= 15 is 0 Å². The Labute approximate surface area is 188 Å². The predicted molar refractivity (Wildman–Crippen MR) is 127 cm³/mol. The van der Waals surface area contributed by atoms with Crippen molar-refractivity contribution in [2.24, 2.45) is 0 Å². The van der Waals surface area contributed by atoms with Crippen molar-refractivity contribution in [3.63, 3.8) is 0 Å². The molecule has 0 heterocycles. The largest absolute Gasteiger partial charge is 0.490 e. The molecule has 0 saturated carbocycles. The van der Waals surface area contributed by atoms with Crippen molar-refractivity contribution < 1.29 is 14.3 Å². The van der Waals surface area contributed by atoms with Gasteiger partial charge >= 0.3 is 0 Å². The number of nitrogens with zero attached hydrogens (tertiary/aromatic N) is 1. The lowest BCUT2D eigenvalue weighted by atomic mass is 10.1. The maximum atomic E-state index is 12.7. The Hall–Kier alpha value is -4.04. The monoisotopic (exact) mass is 426 g/mol. The standard InChI is InChI=1S/C27H26N2O3/c1-4-31-25-16-22(13-14-24(25)32-18-21-11-6-5-7-12-21)15-23(17-28)27(30)29-26-19(2)9-8-10-20(26)3/h5-16H,4,18H2,1-3H3,(H,29,30)/b23-15-. The van der Waals surface area contributed by atoms with E-state index in [4.69, 9.17) is 9.47 Å². The molecular formula is C27H26N2O3. The average Bonchev–Trinajstić information content (AvgIpc) is 2.80. The van der Waals surface area contributed by atoms with Gasteiger partial charge in [-0.1, -0.05) is 54.6 Å². The fourth-order valence-corrected chi connectivity index (χ4v) is 3.25. The van der Waals surface area contributed by atoms with Crippen molar-refractivity contribution in [3.8, 4) is 17.6 Å². The lowest BCUT2D eigenvalue weighted by Gasteiger charge is -2.13. The highest BCUT2D eigenvalue weighted by molar-refractivity contribution is 6.10. The van der Waals surface area contributed by atoms with Gasteiger partial charge in [0, 0.05) is 5.69 Å². The van der Waals surface area contributed by atoms with Crippen molar-refractivity contribution in [2.45, 2.75) is 27.4 Å². The van der Waals surface area contributed by atoms with Gasteiger partial charge in [0.15, 0.2) is 11.5 Å². The molecule has 0 aliphatic carbocycles. The van der Waals surface area contributed by atoms with Gasteiger partial charge < -0.3 is 14.8 Å². The normalized spacial score (nSPS) is 10.9. The van der Waals surface area contributed by atoms with Crippen LogP contribution < -0.4 is 14.8 Å². The highest BCUT2D eigenvalue weighted by Gasteiger charge is 2.13. The number of amides is 1. The SMILES string of the molecule is CCOc1cc(/C=C(/C#N)C(=O)Nc2c(C)cccc2C)ccc1OCc1ccccc1. The Bertz CT molecular complexity index is 1140. The molecule has 0 aromatic heterocycles. The van der Waals surface area contributed by atoms with Crippen LogP contribution >= 0.6 is 0 Å². The summed E-state index contributed by atoms with van der Waals surface area (Å²) in [5, 5.41) is 12.4. The number of carbonyl (C=O) groups excluding carboxylic acids is 1. The van der Waals surface area contributed by atoms with E-state index in [9.17, 15) is 10.1 Å². The van der Waals surface area contributed by atoms with E-state index in [0.717, 1.165) is 22.4 Å². The molecule has 3 aromatic carbocycles. The Morgan fingerprint density at radius 2 is 1.69 bits per heavy atom. The van der Waals surface area contributed by atoms with E-state index in [-0.39, 0.29) is 5.57 Å². The van der Waals surface area contributed by atoms with Gasteiger partial charge in [0.2, 0.25) is 0 Å². The van der Waals surface area contributed by atoms with Crippen LogP contribution in [0, 0.1) is 25.2 Å². The molecule has 0 bridgehead atoms. The Morgan fingerprint density at radius 3 is 2.34 bits per heavy atom. The average molecular weight is 427 g/mol. The Morgan fingerprint density at radius 1 is 0.969 bits per heavy atom. The van der Waals surface area contributed by atoms with Crippen LogP contribution in [-0.4, -0.2) is 12.5 Å². The van der Waals surface area contributed by atoms with Crippen LogP contribution in [-0.2, 0) is 11.4 Å². The first-order valence-electron chi connectivity index (χ1n) is 10.4. The molecule has 5 heteroatoms. The molecule has 0 spiro atoms. The highest BCUT2D eigenvalue weighted by Crippen LogP contribution is 2.30. The molecule has 1 N–H and O–H groups in total. The first kappa shape index (κ1) is 22.6. The second-order valence-electron chi connectivity index (χ2n) is 7.30. The van der Waals surface area contributed by atoms with E-state index in [0.29, 0.717) is 30.3 Å². The summed E-state index contributed by atoms with van der Waals surface area (Å²) in [7, 11) is 0. The number of rotatable bonds is 8. The third kappa shape index (κ3) is 5.77. The molecule has 0 aliphatic rings. The quantitative estimate of drug-likeness (QED) is 0.363. The summed E-state index contributed by atoms with van der Waals surface area (Å²) in [6.45, 7) is 6.61. The fraction of sp³-hybridized carbons (Fsp3) is 0.185. The summed E-state index contributed by atoms with van der Waals surface area (Å²) in [5.41, 5.74) is 4.33. The van der Waals surface area contributed by atoms with Crippen molar-refractivity contribution in [3.05, 3.63) is 94.6 Å². The molecule has 0 fully saturated rings. The Kier molecular flexibility index (Phi) is 7.66. The zero-order valence-electron chi connectivity index (χ0n) is 18.5. The summed E-state index contributed by atoms with van der Waals surface area (Å²) >= 11 is 0. The minimum Gasteiger partial charge on any atom is -0.490 e. The third-order valence-corrected chi connectivity index (χ3v) is 4.90. The number of hydrogen-bond acceptors (Lipinski definition) is 4. The summed E-state index contributed by atoms with van der Waals surface area (Å²) in [5.74, 6) is 0.711. The second-order valence-corrected chi connectivity index (χ2v) is 7.30. The predicted octanol–water partition coefficient (Wildman–Crippen LogP) is 5.83. The molecule has 162 valence electrons. The number of nitrogens with one attached hydrogen (secondary N) is 1. The van der Waals surface area contributed by atoms with Crippen LogP contribution in [0.1, 0.15) is 29.2 Å². The van der Waals surface area contributed by atoms with E-state index < -0.39 is 5.91 Å². The van der Waals surface area contributed by atoms with Gasteiger partial charge in [0.25, 0.3) is 5.91 Å². The summed E-state index contributed by atoms with van der Waals surface area (Å²) in [6.07, 6.45) is 1.55. The number of nitriles is 1. The second kappa shape index (κ2) is 10.8. The van der Waals surface area contributed by atoms with Crippen molar-refractivity contribution in [1.29, 1.82) is 5.26 Å². The molecule has 0 saturated heterocycles. The maximum absolute atomic E-state index is 12.7. The maximum Gasteiger partial charge on any atom is 0.266 e. The van der Waals surface area contributed by atoms with Crippen LogP contribution in [0.3, 0.4) is 0 Å². The molecule has 0 radical (unpaired) electrons. The first-order valence-corrected chi connectivity index (χ1v) is 10.4. The number of ether oxygens (including phenoxy) is 2. The van der Waals surface area contributed by atoms with Crippen molar-refractivity contribution in [1.82, 2.24) is 0 Å². The minimum atomic E-state index is -0.452. The summed E-state index contributed by atoms with van der Waals surface area (Å²) in [6, 6.07) is 23.0. The molecule has 0 unspecified atom stereocenters. The first-order chi connectivity index (χ1) is 15.5. The van der Waals surface area contributed by atoms with Gasteiger partial charge in [0.05, 0.1) is 6.61 Å². The number of aryl methyl sites for hydroxylation is 2. The zero-order chi connectivity index (χ0) is 22.9. The third-order valence-electron chi connectivity index (χ3n) is 4.90. The molecule has 0 aliphatic heterocycles. The number of anilines is 1. The molecule has 3 rings (SSSR count). The van der Waals surface area contributed by atoms with Gasteiger partial charge in [-0.05, 0) is 61.2 Å². The number of hydrogen-bond donors (Lipinski definition) is 1. The molecular weight excluding hydrogens is 400 g/mol. The van der Waals surface area contributed by atoms with E-state index in [2.05, 4.69) is 5.32 Å². The summed E-state index contributed by atoms with van der Waals surface area (Å²) < 4.78 is 11.7. The lowest BCUT2D eigenvalue weighted by molar-refractivity contribution is -0.112. The number of benzene rings is 3. The van der Waals surface area contributed by atoms with E-state index in [1.807, 2.05) is 75.4 Å². The van der Waals surface area contributed by atoms with Crippen LogP contribution in [0.25, 0.3) is 6.08 Å². The summed E-state index contributed by atoms with van der Waals surface area (Å²) in [4.78, 5) is 12.7. The smallest absolute Gasteiger partial charge is 0.266 e. The van der Waals surface area contributed by atoms with Gasteiger partial charge in [-0.25, -0.2) is 0 Å². The molecule has 3 aromatic rings. The molecule has 32 heavy (non-hydrogen) atoms. The fourth-order valence-electron chi connectivity index (χ4n) is 3.25. The van der Waals surface area contributed by atoms with E-state index in [1.165, 1.54) is 0 Å². The van der Waals surface area contributed by atoms with Crippen LogP contribution in [0.15, 0.2) is 72.3 Å². The van der Waals surface area contributed by atoms with E-state index in [1.54, 1.807) is 24.3 Å². The Balaban J connectivity index is 1.81. The van der Waals surface area contributed by atoms with Gasteiger partial charge in [-0.2, -0.15) is 5.26 Å². The van der Waals surface area contributed by atoms with Gasteiger partial charge in [-0.3, -0.25) is 4.79 Å². The van der Waals surface area contributed by atoms with Crippen molar-refractivity contribution >= 4 is 17.7 Å². The molecule has 5 nitrogen and oxygen atoms in total. The molecule has 0 atom stereocenters. The van der Waals surface area contributed by atoms with Crippen LogP contribution in [0.5, 0.6) is 11.5 Å². The zero-order valence-corrected chi connectivity index (χ0v) is 18.5. The van der Waals surface area contributed by atoms with Crippen molar-refractivity contribution in [2.75, 3.05) is 11.9 Å². The molecule has 1 amide bonds. The number of para-hydroxylation sites is 1. The van der Waals surface area contributed by atoms with Gasteiger partial charge in [0.1, 0.15) is 18.2 Å². The topological polar surface area (TPSA) is 71.3 Å². The van der Waals surface area contributed by atoms with Gasteiger partial charge in [-0.15, -0.1) is 0 Å².